The van der Waals surface area contributed by atoms with Crippen LogP contribution in [0.15, 0.2) is 0 Å². The number of fused-ring (bicyclic) bond motifs is 1. The molecular weight excluding hydrogens is 180 g/mol. The second-order valence-electron chi connectivity index (χ2n) is 6.63. The Balaban J connectivity index is 1.99. The summed E-state index contributed by atoms with van der Waals surface area (Å²) in [6.07, 6.45) is 1.42. The van der Waals surface area contributed by atoms with E-state index in [1.165, 1.54) is 6.42 Å². The summed E-state index contributed by atoms with van der Waals surface area (Å²) >= 11 is 0. The second-order valence-corrected chi connectivity index (χ2v) is 6.63. The summed E-state index contributed by atoms with van der Waals surface area (Å²) in [5.74, 6) is 8.13. The second kappa shape index (κ2) is 3.79. The monoisotopic (exact) mass is 208 g/mol. The van der Waals surface area contributed by atoms with Gasteiger partial charge in [0.15, 0.2) is 0 Å². The minimum atomic E-state index is 0.852. The zero-order valence-corrected chi connectivity index (χ0v) is 11.3. The van der Waals surface area contributed by atoms with Crippen LogP contribution in [-0.4, -0.2) is 0 Å². The highest BCUT2D eigenvalue weighted by Crippen LogP contribution is 2.71. The van der Waals surface area contributed by atoms with E-state index < -0.39 is 0 Å². The summed E-state index contributed by atoms with van der Waals surface area (Å²) in [4.78, 5) is 0. The van der Waals surface area contributed by atoms with Crippen molar-refractivity contribution in [2.75, 3.05) is 0 Å². The first kappa shape index (κ1) is 11.5. The Kier molecular flexibility index (Phi) is 2.90. The zero-order valence-electron chi connectivity index (χ0n) is 11.3. The molecule has 0 amide bonds. The van der Waals surface area contributed by atoms with Crippen molar-refractivity contribution >= 4 is 0 Å². The molecule has 2 aliphatic rings. The van der Waals surface area contributed by atoms with Crippen molar-refractivity contribution in [2.45, 2.75) is 48.0 Å². The fraction of sp³-hybridized carbons (Fsp3) is 1.00. The van der Waals surface area contributed by atoms with Crippen LogP contribution in [0, 0.1) is 47.3 Å². The van der Waals surface area contributed by atoms with Gasteiger partial charge in [-0.2, -0.15) is 0 Å². The van der Waals surface area contributed by atoms with Gasteiger partial charge in [0.05, 0.1) is 0 Å². The van der Waals surface area contributed by atoms with Crippen LogP contribution < -0.4 is 0 Å². The molecule has 0 nitrogen and oxygen atoms in total. The van der Waals surface area contributed by atoms with Gasteiger partial charge in [-0.1, -0.05) is 48.0 Å². The molecule has 7 unspecified atom stereocenters. The highest BCUT2D eigenvalue weighted by Gasteiger charge is 2.67. The maximum atomic E-state index is 2.51. The SMILES string of the molecule is CCC1C(C(C)C(C)C(C)C)C2C(C)C12. The van der Waals surface area contributed by atoms with E-state index in [0.717, 1.165) is 47.3 Å². The molecule has 0 aromatic rings. The van der Waals surface area contributed by atoms with Crippen molar-refractivity contribution in [1.82, 2.24) is 0 Å². The Morgan fingerprint density at radius 2 is 1.60 bits per heavy atom. The van der Waals surface area contributed by atoms with Crippen molar-refractivity contribution < 1.29 is 0 Å². The normalized spacial score (nSPS) is 47.0. The molecule has 0 spiro atoms. The fourth-order valence-corrected chi connectivity index (χ4v) is 4.45. The molecule has 7 atom stereocenters. The van der Waals surface area contributed by atoms with Gasteiger partial charge >= 0.3 is 0 Å². The van der Waals surface area contributed by atoms with Gasteiger partial charge in [0, 0.05) is 0 Å². The molecular formula is C15H28. The van der Waals surface area contributed by atoms with Gasteiger partial charge in [-0.05, 0) is 47.3 Å². The lowest BCUT2D eigenvalue weighted by Crippen LogP contribution is -2.38. The summed E-state index contributed by atoms with van der Waals surface area (Å²) in [5.41, 5.74) is 0. The number of rotatable bonds is 4. The van der Waals surface area contributed by atoms with Gasteiger partial charge in [0.25, 0.3) is 0 Å². The molecule has 2 aliphatic carbocycles. The highest BCUT2D eigenvalue weighted by molar-refractivity contribution is 5.14. The van der Waals surface area contributed by atoms with E-state index in [-0.39, 0.29) is 0 Å². The molecule has 0 heterocycles. The summed E-state index contributed by atoms with van der Waals surface area (Å²) in [6, 6.07) is 0. The summed E-state index contributed by atoms with van der Waals surface area (Å²) in [7, 11) is 0. The molecule has 0 N–H and O–H groups in total. The molecule has 0 aromatic carbocycles. The molecule has 0 radical (unpaired) electrons. The smallest absolute Gasteiger partial charge is 0.0318 e. The van der Waals surface area contributed by atoms with Crippen molar-refractivity contribution in [3.63, 3.8) is 0 Å². The first-order chi connectivity index (χ1) is 7.00. The average molecular weight is 208 g/mol. The lowest BCUT2D eigenvalue weighted by molar-refractivity contribution is 0.0501. The van der Waals surface area contributed by atoms with Crippen molar-refractivity contribution in [1.29, 1.82) is 0 Å². The third-order valence-corrected chi connectivity index (χ3v) is 5.91. The molecule has 2 rings (SSSR count). The summed E-state index contributed by atoms with van der Waals surface area (Å²) in [6.45, 7) is 14.6. The lowest BCUT2D eigenvalue weighted by atomic mass is 9.62. The van der Waals surface area contributed by atoms with Crippen LogP contribution in [0.4, 0.5) is 0 Å². The van der Waals surface area contributed by atoms with Gasteiger partial charge in [0.2, 0.25) is 0 Å². The van der Waals surface area contributed by atoms with E-state index in [1.807, 2.05) is 0 Å². The first-order valence-electron chi connectivity index (χ1n) is 7.00. The number of hydrogen-bond acceptors (Lipinski definition) is 0. The van der Waals surface area contributed by atoms with Crippen molar-refractivity contribution in [3.05, 3.63) is 0 Å². The zero-order chi connectivity index (χ0) is 11.3. The van der Waals surface area contributed by atoms with Crippen molar-refractivity contribution in [2.24, 2.45) is 47.3 Å². The van der Waals surface area contributed by atoms with Crippen LogP contribution in [0.25, 0.3) is 0 Å². The van der Waals surface area contributed by atoms with E-state index in [9.17, 15) is 0 Å². The van der Waals surface area contributed by atoms with Gasteiger partial charge in [0.1, 0.15) is 0 Å². The predicted molar refractivity (Wildman–Crippen MR) is 66.6 cm³/mol. The predicted octanol–water partition coefficient (Wildman–Crippen LogP) is 4.45. The van der Waals surface area contributed by atoms with Gasteiger partial charge in [-0.3, -0.25) is 0 Å². The Morgan fingerprint density at radius 1 is 1.00 bits per heavy atom. The largest absolute Gasteiger partial charge is 0.0651 e. The summed E-state index contributed by atoms with van der Waals surface area (Å²) in [5, 5.41) is 0. The Bertz CT molecular complexity index is 230. The van der Waals surface area contributed by atoms with Gasteiger partial charge < -0.3 is 0 Å². The molecule has 88 valence electrons. The third-order valence-electron chi connectivity index (χ3n) is 5.91. The first-order valence-corrected chi connectivity index (χ1v) is 7.00. The van der Waals surface area contributed by atoms with Crippen LogP contribution in [0.5, 0.6) is 0 Å². The van der Waals surface area contributed by atoms with Crippen LogP contribution in [-0.2, 0) is 0 Å². The molecule has 0 heteroatoms. The third kappa shape index (κ3) is 1.56. The van der Waals surface area contributed by atoms with Crippen LogP contribution in [0.1, 0.15) is 48.0 Å². The lowest BCUT2D eigenvalue weighted by Gasteiger charge is -2.43. The van der Waals surface area contributed by atoms with Crippen molar-refractivity contribution in [3.8, 4) is 0 Å². The van der Waals surface area contributed by atoms with Crippen LogP contribution >= 0.6 is 0 Å². The van der Waals surface area contributed by atoms with E-state index in [4.69, 9.17) is 0 Å². The Hall–Kier alpha value is 0. The minimum absolute atomic E-state index is 0.852. The van der Waals surface area contributed by atoms with Gasteiger partial charge in [-0.15, -0.1) is 0 Å². The highest BCUT2D eigenvalue weighted by atomic mass is 14.7. The standard InChI is InChI=1S/C15H28/c1-7-12-13(15-11(6)14(12)15)10(5)9(4)8(2)3/h8-15H,7H2,1-6H3. The molecule has 0 saturated heterocycles. The fourth-order valence-electron chi connectivity index (χ4n) is 4.45. The number of hydrogen-bond donors (Lipinski definition) is 0. The van der Waals surface area contributed by atoms with E-state index in [1.54, 1.807) is 0 Å². The van der Waals surface area contributed by atoms with E-state index in [2.05, 4.69) is 41.5 Å². The average Bonchev–Trinajstić information content (AvgIpc) is 2.69. The molecule has 0 bridgehead atoms. The minimum Gasteiger partial charge on any atom is -0.0651 e. The molecule has 2 saturated carbocycles. The van der Waals surface area contributed by atoms with E-state index >= 15 is 0 Å². The van der Waals surface area contributed by atoms with E-state index in [0.29, 0.717) is 0 Å². The molecule has 0 aromatic heterocycles. The Labute approximate surface area is 95.8 Å². The molecule has 0 aliphatic heterocycles. The molecule has 2 fully saturated rings. The molecule has 15 heavy (non-hydrogen) atoms. The summed E-state index contributed by atoms with van der Waals surface area (Å²) < 4.78 is 0. The quantitative estimate of drug-likeness (QED) is 0.640. The topological polar surface area (TPSA) is 0 Å². The maximum absolute atomic E-state index is 2.51. The maximum Gasteiger partial charge on any atom is -0.0318 e. The van der Waals surface area contributed by atoms with Crippen LogP contribution in [0.3, 0.4) is 0 Å². The van der Waals surface area contributed by atoms with Gasteiger partial charge in [-0.25, -0.2) is 0 Å². The Morgan fingerprint density at radius 3 is 2.07 bits per heavy atom. The van der Waals surface area contributed by atoms with Crippen LogP contribution in [0.2, 0.25) is 0 Å².